The number of halogens is 4. The minimum Gasteiger partial charge on any atom is -0.465 e. The predicted octanol–water partition coefficient (Wildman–Crippen LogP) is 6.72. The van der Waals surface area contributed by atoms with Gasteiger partial charge in [-0.05, 0) is 55.3 Å². The van der Waals surface area contributed by atoms with E-state index in [4.69, 9.17) is 11.6 Å². The van der Waals surface area contributed by atoms with E-state index in [1.165, 1.54) is 6.07 Å². The van der Waals surface area contributed by atoms with Crippen molar-refractivity contribution in [3.05, 3.63) is 82.1 Å². The molecular weight excluding hydrogens is 417 g/mol. The Labute approximate surface area is 176 Å². The molecule has 0 saturated carbocycles. The first-order valence-electron chi connectivity index (χ1n) is 8.97. The van der Waals surface area contributed by atoms with Gasteiger partial charge in [0.25, 0.3) is 0 Å². The number of hydrogen-bond donors (Lipinski definition) is 1. The summed E-state index contributed by atoms with van der Waals surface area (Å²) in [4.78, 5) is 17.1. The van der Waals surface area contributed by atoms with Gasteiger partial charge < -0.3 is 5.11 Å². The van der Waals surface area contributed by atoms with E-state index in [9.17, 15) is 23.1 Å². The Hall–Kier alpha value is -3.06. The topological polar surface area (TPSA) is 53.4 Å². The molecule has 1 amide bonds. The zero-order valence-corrected chi connectivity index (χ0v) is 16.9. The summed E-state index contributed by atoms with van der Waals surface area (Å²) in [7, 11) is 0. The zero-order valence-electron chi connectivity index (χ0n) is 16.2. The lowest BCUT2D eigenvalue weighted by Gasteiger charge is -2.21. The van der Waals surface area contributed by atoms with Crippen LogP contribution >= 0.6 is 11.6 Å². The molecule has 0 atom stereocenters. The molecule has 0 saturated heterocycles. The van der Waals surface area contributed by atoms with Gasteiger partial charge in [0.2, 0.25) is 0 Å². The summed E-state index contributed by atoms with van der Waals surface area (Å²) in [6.07, 6.45) is -6.06. The van der Waals surface area contributed by atoms with E-state index in [1.807, 2.05) is 32.0 Å². The first-order valence-corrected chi connectivity index (χ1v) is 9.35. The Morgan fingerprint density at radius 3 is 2.47 bits per heavy atom. The van der Waals surface area contributed by atoms with Crippen LogP contribution in [0.2, 0.25) is 5.02 Å². The van der Waals surface area contributed by atoms with Crippen LogP contribution in [0.1, 0.15) is 22.5 Å². The molecule has 0 spiro atoms. The molecule has 0 fully saturated rings. The van der Waals surface area contributed by atoms with Crippen LogP contribution in [0.5, 0.6) is 0 Å². The third-order valence-corrected chi connectivity index (χ3v) is 4.93. The number of amides is 1. The van der Waals surface area contributed by atoms with Gasteiger partial charge in [-0.1, -0.05) is 35.9 Å². The summed E-state index contributed by atoms with van der Waals surface area (Å²) < 4.78 is 39.5. The van der Waals surface area contributed by atoms with Crippen LogP contribution in [0, 0.1) is 13.8 Å². The molecule has 0 aliphatic carbocycles. The maximum absolute atomic E-state index is 13.2. The summed E-state index contributed by atoms with van der Waals surface area (Å²) in [5.74, 6) is 0. The summed E-state index contributed by atoms with van der Waals surface area (Å²) >= 11 is 5.65. The standard InChI is InChI=1S/C22H18ClF3N2O2/c1-13-6-8-18(14(2)27-13)16-5-3-4-15(10-16)12-28(21(29)30)17-7-9-20(23)19(11-17)22(24,25)26/h3-11H,12H2,1-2H3,(H,29,30). The van der Waals surface area contributed by atoms with Gasteiger partial charge in [0, 0.05) is 22.6 Å². The molecule has 1 N–H and O–H groups in total. The number of benzene rings is 2. The van der Waals surface area contributed by atoms with Gasteiger partial charge in [-0.3, -0.25) is 9.88 Å². The van der Waals surface area contributed by atoms with Crippen LogP contribution < -0.4 is 4.90 Å². The monoisotopic (exact) mass is 434 g/mol. The highest BCUT2D eigenvalue weighted by Gasteiger charge is 2.34. The third kappa shape index (κ3) is 4.74. The number of carboxylic acid groups (broad SMARTS) is 1. The molecular formula is C22H18ClF3N2O2. The van der Waals surface area contributed by atoms with E-state index in [-0.39, 0.29) is 12.2 Å². The van der Waals surface area contributed by atoms with Gasteiger partial charge in [-0.15, -0.1) is 0 Å². The van der Waals surface area contributed by atoms with Crippen molar-refractivity contribution in [3.8, 4) is 11.1 Å². The molecule has 0 aliphatic heterocycles. The molecule has 156 valence electrons. The van der Waals surface area contributed by atoms with Crippen molar-refractivity contribution in [2.24, 2.45) is 0 Å². The number of anilines is 1. The fourth-order valence-corrected chi connectivity index (χ4v) is 3.40. The maximum atomic E-state index is 13.2. The fraction of sp³-hybridized carbons (Fsp3) is 0.182. The van der Waals surface area contributed by atoms with Gasteiger partial charge in [-0.2, -0.15) is 13.2 Å². The first kappa shape index (κ1) is 21.6. The molecule has 0 bridgehead atoms. The quantitative estimate of drug-likeness (QED) is 0.495. The van der Waals surface area contributed by atoms with E-state index in [1.54, 1.807) is 18.2 Å². The molecule has 0 radical (unpaired) electrons. The lowest BCUT2D eigenvalue weighted by molar-refractivity contribution is -0.137. The van der Waals surface area contributed by atoms with Crippen LogP contribution in [0.4, 0.5) is 23.7 Å². The van der Waals surface area contributed by atoms with Crippen LogP contribution in [0.25, 0.3) is 11.1 Å². The predicted molar refractivity (Wildman–Crippen MR) is 110 cm³/mol. The minimum atomic E-state index is -4.69. The lowest BCUT2D eigenvalue weighted by Crippen LogP contribution is -2.29. The van der Waals surface area contributed by atoms with Gasteiger partial charge in [0.15, 0.2) is 0 Å². The molecule has 3 rings (SSSR count). The molecule has 8 heteroatoms. The molecule has 2 aromatic carbocycles. The Balaban J connectivity index is 1.96. The van der Waals surface area contributed by atoms with Crippen molar-refractivity contribution < 1.29 is 23.1 Å². The van der Waals surface area contributed by atoms with Gasteiger partial charge in [-0.25, -0.2) is 4.79 Å². The average molecular weight is 435 g/mol. The summed E-state index contributed by atoms with van der Waals surface area (Å²) in [5, 5.41) is 9.13. The number of aryl methyl sites for hydroxylation is 2. The van der Waals surface area contributed by atoms with Crippen molar-refractivity contribution in [3.63, 3.8) is 0 Å². The highest BCUT2D eigenvalue weighted by molar-refractivity contribution is 6.31. The van der Waals surface area contributed by atoms with Crippen molar-refractivity contribution in [2.45, 2.75) is 26.6 Å². The second-order valence-corrected chi connectivity index (χ2v) is 7.22. The number of hydrogen-bond acceptors (Lipinski definition) is 2. The smallest absolute Gasteiger partial charge is 0.417 e. The fourth-order valence-electron chi connectivity index (χ4n) is 3.18. The first-order chi connectivity index (χ1) is 14.1. The van der Waals surface area contributed by atoms with E-state index in [0.717, 1.165) is 39.5 Å². The minimum absolute atomic E-state index is 0.113. The van der Waals surface area contributed by atoms with E-state index in [2.05, 4.69) is 4.98 Å². The van der Waals surface area contributed by atoms with Crippen LogP contribution in [0.15, 0.2) is 54.6 Å². The summed E-state index contributed by atoms with van der Waals surface area (Å²) in [6.45, 7) is 3.64. The van der Waals surface area contributed by atoms with Gasteiger partial charge in [0.05, 0.1) is 17.1 Å². The van der Waals surface area contributed by atoms with Crippen molar-refractivity contribution in [1.29, 1.82) is 0 Å². The van der Waals surface area contributed by atoms with Crippen LogP contribution in [-0.4, -0.2) is 16.2 Å². The van der Waals surface area contributed by atoms with Crippen molar-refractivity contribution in [1.82, 2.24) is 4.98 Å². The van der Waals surface area contributed by atoms with E-state index in [0.29, 0.717) is 5.56 Å². The van der Waals surface area contributed by atoms with Gasteiger partial charge >= 0.3 is 12.3 Å². The number of rotatable bonds is 4. The van der Waals surface area contributed by atoms with E-state index >= 15 is 0 Å². The number of pyridine rings is 1. The largest absolute Gasteiger partial charge is 0.465 e. The van der Waals surface area contributed by atoms with Crippen LogP contribution in [0.3, 0.4) is 0 Å². The number of aromatic nitrogens is 1. The maximum Gasteiger partial charge on any atom is 0.417 e. The zero-order chi connectivity index (χ0) is 22.1. The molecule has 30 heavy (non-hydrogen) atoms. The molecule has 0 unspecified atom stereocenters. The highest BCUT2D eigenvalue weighted by Crippen LogP contribution is 2.37. The normalized spacial score (nSPS) is 11.4. The Morgan fingerprint density at radius 2 is 1.83 bits per heavy atom. The molecule has 0 aliphatic rings. The SMILES string of the molecule is Cc1ccc(-c2cccc(CN(C(=O)O)c3ccc(Cl)c(C(F)(F)F)c3)c2)c(C)n1. The second-order valence-electron chi connectivity index (χ2n) is 6.82. The molecule has 1 aromatic heterocycles. The van der Waals surface area contributed by atoms with Crippen molar-refractivity contribution >= 4 is 23.4 Å². The Morgan fingerprint density at radius 1 is 1.10 bits per heavy atom. The number of carbonyl (C=O) groups is 1. The number of nitrogens with zero attached hydrogens (tertiary/aromatic N) is 2. The summed E-state index contributed by atoms with van der Waals surface area (Å²) in [6, 6.07) is 14.0. The van der Waals surface area contributed by atoms with Crippen molar-refractivity contribution in [2.75, 3.05) is 4.90 Å². The van der Waals surface area contributed by atoms with Gasteiger partial charge in [0.1, 0.15) is 0 Å². The third-order valence-electron chi connectivity index (χ3n) is 4.60. The highest BCUT2D eigenvalue weighted by atomic mass is 35.5. The lowest BCUT2D eigenvalue weighted by atomic mass is 10.0. The summed E-state index contributed by atoms with van der Waals surface area (Å²) in [5.41, 5.74) is 2.88. The van der Waals surface area contributed by atoms with E-state index < -0.39 is 22.9 Å². The Kier molecular flexibility index (Phi) is 6.03. The van der Waals surface area contributed by atoms with Crippen LogP contribution in [-0.2, 0) is 12.7 Å². The Bertz CT molecular complexity index is 1100. The molecule has 4 nitrogen and oxygen atoms in total. The second kappa shape index (κ2) is 8.36. The molecule has 1 heterocycles. The molecule has 3 aromatic rings. The number of alkyl halides is 3. The average Bonchev–Trinajstić information content (AvgIpc) is 2.66.